The molecule has 2 saturated carbocycles. The predicted octanol–water partition coefficient (Wildman–Crippen LogP) is 2.61. The van der Waals surface area contributed by atoms with Crippen molar-refractivity contribution in [3.8, 4) is 5.75 Å². The summed E-state index contributed by atoms with van der Waals surface area (Å²) in [5, 5.41) is 0. The van der Waals surface area contributed by atoms with Crippen molar-refractivity contribution in [1.29, 1.82) is 0 Å². The fraction of sp³-hybridized carbons (Fsp3) is 0.600. The average Bonchev–Trinajstić information content (AvgIpc) is 2.85. The van der Waals surface area contributed by atoms with E-state index in [1.807, 2.05) is 12.1 Å². The van der Waals surface area contributed by atoms with E-state index in [0.717, 1.165) is 29.9 Å². The fourth-order valence-corrected chi connectivity index (χ4v) is 3.68. The molecular formula is C15H21NO. The van der Waals surface area contributed by atoms with Gasteiger partial charge in [0, 0.05) is 6.04 Å². The zero-order valence-electron chi connectivity index (χ0n) is 10.4. The maximum atomic E-state index is 6.34. The molecule has 2 N–H and O–H groups in total. The maximum absolute atomic E-state index is 6.34. The van der Waals surface area contributed by atoms with E-state index in [-0.39, 0.29) is 0 Å². The van der Waals surface area contributed by atoms with Crippen LogP contribution in [0, 0.1) is 17.8 Å². The molecule has 3 unspecified atom stereocenters. The minimum Gasteiger partial charge on any atom is -0.497 e. The van der Waals surface area contributed by atoms with Crippen molar-refractivity contribution in [3.05, 3.63) is 29.8 Å². The Labute approximate surface area is 103 Å². The molecule has 2 heteroatoms. The van der Waals surface area contributed by atoms with E-state index in [9.17, 15) is 0 Å². The summed E-state index contributed by atoms with van der Waals surface area (Å²) in [6.45, 7) is 0. The van der Waals surface area contributed by atoms with Crippen molar-refractivity contribution in [2.75, 3.05) is 7.11 Å². The van der Waals surface area contributed by atoms with Gasteiger partial charge in [0.15, 0.2) is 0 Å². The van der Waals surface area contributed by atoms with E-state index in [4.69, 9.17) is 10.5 Å². The second kappa shape index (κ2) is 4.34. The first-order chi connectivity index (χ1) is 8.29. The summed E-state index contributed by atoms with van der Waals surface area (Å²) in [6, 6.07) is 8.68. The standard InChI is InChI=1S/C15H21NO/c1-17-11-7-5-10(6-8-11)9-14(16)15-12-3-2-4-13(12)15/h5-8,12-15H,2-4,9,16H2,1H3. The number of methoxy groups -OCH3 is 1. The molecule has 0 bridgehead atoms. The summed E-state index contributed by atoms with van der Waals surface area (Å²) < 4.78 is 5.16. The summed E-state index contributed by atoms with van der Waals surface area (Å²) >= 11 is 0. The lowest BCUT2D eigenvalue weighted by Crippen LogP contribution is -2.27. The molecule has 17 heavy (non-hydrogen) atoms. The SMILES string of the molecule is COc1ccc(CC(N)C2C3CCCC32)cc1. The highest BCUT2D eigenvalue weighted by Gasteiger charge is 2.54. The highest BCUT2D eigenvalue weighted by Crippen LogP contribution is 2.58. The molecule has 3 rings (SSSR count). The molecule has 2 aliphatic rings. The van der Waals surface area contributed by atoms with Gasteiger partial charge in [-0.2, -0.15) is 0 Å². The first-order valence-corrected chi connectivity index (χ1v) is 6.68. The Bertz CT molecular complexity index is 376. The highest BCUT2D eigenvalue weighted by molar-refractivity contribution is 5.28. The van der Waals surface area contributed by atoms with Gasteiger partial charge in [-0.1, -0.05) is 18.6 Å². The molecule has 0 spiro atoms. The molecule has 0 aliphatic heterocycles. The lowest BCUT2D eigenvalue weighted by atomic mass is 9.98. The molecule has 0 heterocycles. The molecule has 0 amide bonds. The van der Waals surface area contributed by atoms with Crippen LogP contribution in [-0.4, -0.2) is 13.2 Å². The molecule has 0 radical (unpaired) electrons. The van der Waals surface area contributed by atoms with E-state index in [0.29, 0.717) is 6.04 Å². The Morgan fingerprint density at radius 1 is 1.24 bits per heavy atom. The summed E-state index contributed by atoms with van der Waals surface area (Å²) in [4.78, 5) is 0. The van der Waals surface area contributed by atoms with Gasteiger partial charge in [-0.3, -0.25) is 0 Å². The van der Waals surface area contributed by atoms with Crippen molar-refractivity contribution < 1.29 is 4.74 Å². The zero-order chi connectivity index (χ0) is 11.8. The molecule has 0 aromatic heterocycles. The van der Waals surface area contributed by atoms with Crippen LogP contribution in [-0.2, 0) is 6.42 Å². The first-order valence-electron chi connectivity index (χ1n) is 6.68. The Morgan fingerprint density at radius 3 is 2.47 bits per heavy atom. The topological polar surface area (TPSA) is 35.2 Å². The van der Waals surface area contributed by atoms with Crippen molar-refractivity contribution in [1.82, 2.24) is 0 Å². The average molecular weight is 231 g/mol. The van der Waals surface area contributed by atoms with Crippen LogP contribution in [0.2, 0.25) is 0 Å². The quantitative estimate of drug-likeness (QED) is 0.864. The van der Waals surface area contributed by atoms with Crippen molar-refractivity contribution >= 4 is 0 Å². The number of fused-ring (bicyclic) bond motifs is 1. The van der Waals surface area contributed by atoms with Gasteiger partial charge in [-0.05, 0) is 54.7 Å². The minimum atomic E-state index is 0.360. The second-order valence-corrected chi connectivity index (χ2v) is 5.55. The summed E-state index contributed by atoms with van der Waals surface area (Å²) in [5.41, 5.74) is 7.68. The van der Waals surface area contributed by atoms with E-state index in [1.54, 1.807) is 7.11 Å². The lowest BCUT2D eigenvalue weighted by molar-refractivity contribution is 0.414. The van der Waals surface area contributed by atoms with E-state index in [2.05, 4.69) is 12.1 Å². The molecule has 1 aromatic rings. The third-order valence-corrected chi connectivity index (χ3v) is 4.60. The molecule has 2 fully saturated rings. The summed E-state index contributed by atoms with van der Waals surface area (Å²) in [7, 11) is 1.70. The van der Waals surface area contributed by atoms with Crippen LogP contribution in [0.3, 0.4) is 0 Å². The van der Waals surface area contributed by atoms with Gasteiger partial charge in [0.05, 0.1) is 7.11 Å². The second-order valence-electron chi connectivity index (χ2n) is 5.55. The van der Waals surface area contributed by atoms with Crippen molar-refractivity contribution in [3.63, 3.8) is 0 Å². The Balaban J connectivity index is 1.59. The van der Waals surface area contributed by atoms with Gasteiger partial charge in [-0.15, -0.1) is 0 Å². The normalized spacial score (nSPS) is 32.0. The van der Waals surface area contributed by atoms with Gasteiger partial charge in [0.25, 0.3) is 0 Å². The maximum Gasteiger partial charge on any atom is 0.118 e. The molecule has 3 atom stereocenters. The molecule has 0 saturated heterocycles. The van der Waals surface area contributed by atoms with Crippen molar-refractivity contribution in [2.24, 2.45) is 23.5 Å². The van der Waals surface area contributed by atoms with Crippen LogP contribution in [0.4, 0.5) is 0 Å². The molecule has 2 aliphatic carbocycles. The third-order valence-electron chi connectivity index (χ3n) is 4.60. The van der Waals surface area contributed by atoms with Gasteiger partial charge >= 0.3 is 0 Å². The lowest BCUT2D eigenvalue weighted by Gasteiger charge is -2.14. The third kappa shape index (κ3) is 2.06. The van der Waals surface area contributed by atoms with Crippen LogP contribution >= 0.6 is 0 Å². The van der Waals surface area contributed by atoms with Crippen LogP contribution in [0.15, 0.2) is 24.3 Å². The van der Waals surface area contributed by atoms with E-state index < -0.39 is 0 Å². The Kier molecular flexibility index (Phi) is 2.83. The zero-order valence-corrected chi connectivity index (χ0v) is 10.4. The molecule has 92 valence electrons. The molecular weight excluding hydrogens is 210 g/mol. The van der Waals surface area contributed by atoms with E-state index >= 15 is 0 Å². The largest absolute Gasteiger partial charge is 0.497 e. The number of hydrogen-bond acceptors (Lipinski definition) is 2. The number of nitrogens with two attached hydrogens (primary N) is 1. The number of hydrogen-bond donors (Lipinski definition) is 1. The fourth-order valence-electron chi connectivity index (χ4n) is 3.68. The summed E-state index contributed by atoms with van der Waals surface area (Å²) in [6.07, 6.45) is 5.29. The van der Waals surface area contributed by atoms with Gasteiger partial charge < -0.3 is 10.5 Å². The Hall–Kier alpha value is -1.02. The van der Waals surface area contributed by atoms with Crippen LogP contribution < -0.4 is 10.5 Å². The van der Waals surface area contributed by atoms with Crippen LogP contribution in [0.1, 0.15) is 24.8 Å². The van der Waals surface area contributed by atoms with Crippen molar-refractivity contribution in [2.45, 2.75) is 31.7 Å². The Morgan fingerprint density at radius 2 is 1.88 bits per heavy atom. The van der Waals surface area contributed by atoms with Crippen LogP contribution in [0.5, 0.6) is 5.75 Å². The predicted molar refractivity (Wildman–Crippen MR) is 69.0 cm³/mol. The minimum absolute atomic E-state index is 0.360. The number of benzene rings is 1. The highest BCUT2D eigenvalue weighted by atomic mass is 16.5. The smallest absolute Gasteiger partial charge is 0.118 e. The van der Waals surface area contributed by atoms with Gasteiger partial charge in [-0.25, -0.2) is 0 Å². The summed E-state index contributed by atoms with van der Waals surface area (Å²) in [5.74, 6) is 3.66. The number of ether oxygens (including phenoxy) is 1. The van der Waals surface area contributed by atoms with E-state index in [1.165, 1.54) is 24.8 Å². The van der Waals surface area contributed by atoms with Gasteiger partial charge in [0.1, 0.15) is 5.75 Å². The first kappa shape index (κ1) is 11.1. The molecule has 2 nitrogen and oxygen atoms in total. The van der Waals surface area contributed by atoms with Crippen LogP contribution in [0.25, 0.3) is 0 Å². The number of rotatable bonds is 4. The van der Waals surface area contributed by atoms with Gasteiger partial charge in [0.2, 0.25) is 0 Å². The monoisotopic (exact) mass is 231 g/mol. The molecule has 1 aromatic carbocycles.